The van der Waals surface area contributed by atoms with Crippen molar-refractivity contribution in [1.29, 1.82) is 0 Å². The van der Waals surface area contributed by atoms with E-state index < -0.39 is 0 Å². The molecule has 3 rings (SSSR count). The predicted molar refractivity (Wildman–Crippen MR) is 117 cm³/mol. The van der Waals surface area contributed by atoms with Crippen molar-refractivity contribution in [2.24, 2.45) is 4.99 Å². The summed E-state index contributed by atoms with van der Waals surface area (Å²) in [7, 11) is 0. The number of hydrogen-bond donors (Lipinski definition) is 1. The minimum atomic E-state index is -0.0556. The molecule has 0 bridgehead atoms. The third kappa shape index (κ3) is 5.27. The molecule has 1 saturated heterocycles. The molecule has 1 amide bonds. The van der Waals surface area contributed by atoms with Crippen LogP contribution in [0.3, 0.4) is 0 Å². The van der Waals surface area contributed by atoms with Crippen LogP contribution in [0.1, 0.15) is 34.5 Å². The number of halogens is 1. The van der Waals surface area contributed by atoms with Crippen LogP contribution in [0.2, 0.25) is 0 Å². The molecule has 0 saturated carbocycles. The van der Waals surface area contributed by atoms with Crippen LogP contribution >= 0.6 is 24.0 Å². The average Bonchev–Trinajstić information content (AvgIpc) is 3.32. The number of furan rings is 1. The van der Waals surface area contributed by atoms with Gasteiger partial charge in [-0.3, -0.25) is 9.79 Å². The predicted octanol–water partition coefficient (Wildman–Crippen LogP) is 2.47. The summed E-state index contributed by atoms with van der Waals surface area (Å²) in [4.78, 5) is 21.2. The van der Waals surface area contributed by atoms with Crippen molar-refractivity contribution in [3.63, 3.8) is 0 Å². The lowest BCUT2D eigenvalue weighted by molar-refractivity contribution is 0.0657. The van der Waals surface area contributed by atoms with E-state index in [0.29, 0.717) is 25.4 Å². The van der Waals surface area contributed by atoms with Gasteiger partial charge in [-0.1, -0.05) is 5.16 Å². The monoisotopic (exact) mass is 501 g/mol. The Balaban J connectivity index is 0.00000280. The molecule has 2 aromatic rings. The first-order chi connectivity index (χ1) is 13.1. The van der Waals surface area contributed by atoms with Gasteiger partial charge in [0.2, 0.25) is 0 Å². The fourth-order valence-corrected chi connectivity index (χ4v) is 3.24. The van der Waals surface area contributed by atoms with Gasteiger partial charge in [0.1, 0.15) is 5.76 Å². The second-order valence-electron chi connectivity index (χ2n) is 6.54. The summed E-state index contributed by atoms with van der Waals surface area (Å²) < 4.78 is 10.4. The first kappa shape index (κ1) is 22.3. The van der Waals surface area contributed by atoms with Crippen molar-refractivity contribution in [2.45, 2.75) is 27.2 Å². The van der Waals surface area contributed by atoms with E-state index in [1.54, 1.807) is 12.1 Å². The van der Waals surface area contributed by atoms with E-state index in [2.05, 4.69) is 22.3 Å². The number of carbonyl (C=O) groups is 1. The highest BCUT2D eigenvalue weighted by Crippen LogP contribution is 2.13. The molecular formula is C19H28IN5O3. The Morgan fingerprint density at radius 1 is 1.25 bits per heavy atom. The fourth-order valence-electron chi connectivity index (χ4n) is 3.24. The molecular weight excluding hydrogens is 473 g/mol. The van der Waals surface area contributed by atoms with Crippen LogP contribution in [0.15, 0.2) is 32.3 Å². The largest absolute Gasteiger partial charge is 0.459 e. The Morgan fingerprint density at radius 2 is 1.96 bits per heavy atom. The summed E-state index contributed by atoms with van der Waals surface area (Å²) in [5, 5.41) is 7.34. The summed E-state index contributed by atoms with van der Waals surface area (Å²) >= 11 is 0. The molecule has 1 aliphatic rings. The first-order valence-electron chi connectivity index (χ1n) is 9.38. The molecule has 2 aromatic heterocycles. The number of carbonyl (C=O) groups excluding carboxylic acids is 1. The maximum Gasteiger partial charge on any atom is 0.289 e. The number of amides is 1. The molecule has 28 heavy (non-hydrogen) atoms. The number of aromatic nitrogens is 1. The Kier molecular flexibility index (Phi) is 8.34. The standard InChI is InChI=1S/C19H27N5O3.HI/c1-4-20-19(21-8-7-16-14(2)22-27-15(16)3)24-11-9-23(10-12-24)18(25)17-6-5-13-26-17;/h5-6,13H,4,7-12H2,1-3H3,(H,20,21);1H. The van der Waals surface area contributed by atoms with Gasteiger partial charge in [0, 0.05) is 44.8 Å². The zero-order valence-electron chi connectivity index (χ0n) is 16.6. The maximum absolute atomic E-state index is 12.4. The molecule has 154 valence electrons. The minimum Gasteiger partial charge on any atom is -0.459 e. The Hall–Kier alpha value is -2.04. The second-order valence-corrected chi connectivity index (χ2v) is 6.54. The summed E-state index contributed by atoms with van der Waals surface area (Å²) in [6, 6.07) is 3.44. The number of aliphatic imine (C=N–C) groups is 1. The van der Waals surface area contributed by atoms with Crippen LogP contribution in [0.5, 0.6) is 0 Å². The Labute approximate surface area is 182 Å². The van der Waals surface area contributed by atoms with Crippen molar-refractivity contribution in [2.75, 3.05) is 39.3 Å². The highest BCUT2D eigenvalue weighted by Gasteiger charge is 2.25. The van der Waals surface area contributed by atoms with E-state index in [0.717, 1.165) is 49.0 Å². The number of piperazine rings is 1. The third-order valence-electron chi connectivity index (χ3n) is 4.74. The lowest BCUT2D eigenvalue weighted by Gasteiger charge is -2.36. The van der Waals surface area contributed by atoms with Gasteiger partial charge in [-0.15, -0.1) is 24.0 Å². The summed E-state index contributed by atoms with van der Waals surface area (Å²) in [6.07, 6.45) is 2.32. The van der Waals surface area contributed by atoms with Gasteiger partial charge in [0.05, 0.1) is 12.0 Å². The molecule has 0 aromatic carbocycles. The van der Waals surface area contributed by atoms with E-state index in [1.165, 1.54) is 6.26 Å². The maximum atomic E-state index is 12.4. The number of nitrogens with zero attached hydrogens (tertiary/aromatic N) is 4. The summed E-state index contributed by atoms with van der Waals surface area (Å²) in [6.45, 7) is 10.2. The number of rotatable bonds is 5. The number of hydrogen-bond acceptors (Lipinski definition) is 5. The van der Waals surface area contributed by atoms with Gasteiger partial charge in [0.15, 0.2) is 11.7 Å². The van der Waals surface area contributed by atoms with Crippen LogP contribution in [-0.2, 0) is 6.42 Å². The van der Waals surface area contributed by atoms with E-state index in [4.69, 9.17) is 13.9 Å². The van der Waals surface area contributed by atoms with E-state index in [1.807, 2.05) is 18.7 Å². The van der Waals surface area contributed by atoms with Gasteiger partial charge in [0.25, 0.3) is 5.91 Å². The highest BCUT2D eigenvalue weighted by atomic mass is 127. The third-order valence-corrected chi connectivity index (χ3v) is 4.74. The smallest absolute Gasteiger partial charge is 0.289 e. The van der Waals surface area contributed by atoms with Gasteiger partial charge in [-0.25, -0.2) is 0 Å². The van der Waals surface area contributed by atoms with Crippen molar-refractivity contribution in [3.8, 4) is 0 Å². The molecule has 1 aliphatic heterocycles. The van der Waals surface area contributed by atoms with Crippen LogP contribution in [-0.4, -0.2) is 66.1 Å². The van der Waals surface area contributed by atoms with Crippen molar-refractivity contribution < 1.29 is 13.7 Å². The SMILES string of the molecule is CCNC(=NCCc1c(C)noc1C)N1CCN(C(=O)c2ccco2)CC1.I. The average molecular weight is 501 g/mol. The zero-order valence-corrected chi connectivity index (χ0v) is 18.9. The van der Waals surface area contributed by atoms with E-state index in [9.17, 15) is 4.79 Å². The molecule has 0 spiro atoms. The number of aryl methyl sites for hydroxylation is 2. The Morgan fingerprint density at radius 3 is 2.54 bits per heavy atom. The molecule has 0 radical (unpaired) electrons. The van der Waals surface area contributed by atoms with Gasteiger partial charge in [-0.05, 0) is 39.3 Å². The van der Waals surface area contributed by atoms with E-state index >= 15 is 0 Å². The van der Waals surface area contributed by atoms with Crippen molar-refractivity contribution in [3.05, 3.63) is 41.2 Å². The molecule has 0 atom stereocenters. The molecule has 1 N–H and O–H groups in total. The molecule has 0 unspecified atom stereocenters. The lowest BCUT2D eigenvalue weighted by Crippen LogP contribution is -2.53. The van der Waals surface area contributed by atoms with Crippen LogP contribution in [0.4, 0.5) is 0 Å². The van der Waals surface area contributed by atoms with Crippen LogP contribution < -0.4 is 5.32 Å². The van der Waals surface area contributed by atoms with Crippen LogP contribution in [0, 0.1) is 13.8 Å². The molecule has 8 nitrogen and oxygen atoms in total. The molecule has 9 heteroatoms. The quantitative estimate of drug-likeness (QED) is 0.385. The molecule has 0 aliphatic carbocycles. The topological polar surface area (TPSA) is 87.1 Å². The minimum absolute atomic E-state index is 0. The lowest BCUT2D eigenvalue weighted by atomic mass is 10.1. The second kappa shape index (κ2) is 10.5. The Bertz CT molecular complexity index is 760. The molecule has 3 heterocycles. The van der Waals surface area contributed by atoms with Crippen molar-refractivity contribution in [1.82, 2.24) is 20.3 Å². The van der Waals surface area contributed by atoms with E-state index in [-0.39, 0.29) is 29.9 Å². The summed E-state index contributed by atoms with van der Waals surface area (Å²) in [5.41, 5.74) is 2.06. The first-order valence-corrected chi connectivity index (χ1v) is 9.38. The summed E-state index contributed by atoms with van der Waals surface area (Å²) in [5.74, 6) is 2.08. The van der Waals surface area contributed by atoms with Gasteiger partial charge in [-0.2, -0.15) is 0 Å². The van der Waals surface area contributed by atoms with Crippen molar-refractivity contribution >= 4 is 35.8 Å². The normalized spacial score (nSPS) is 14.8. The number of guanidine groups is 1. The number of nitrogens with one attached hydrogen (secondary N) is 1. The highest BCUT2D eigenvalue weighted by molar-refractivity contribution is 14.0. The van der Waals surface area contributed by atoms with Gasteiger partial charge >= 0.3 is 0 Å². The molecule has 1 fully saturated rings. The van der Waals surface area contributed by atoms with Gasteiger partial charge < -0.3 is 24.1 Å². The zero-order chi connectivity index (χ0) is 19.2. The fraction of sp³-hybridized carbons (Fsp3) is 0.526. The van der Waals surface area contributed by atoms with Crippen LogP contribution in [0.25, 0.3) is 0 Å².